The fourth-order valence-corrected chi connectivity index (χ4v) is 2.15. The number of nitrogens with one attached hydrogen (secondary N) is 2. The molecule has 1 aromatic carbocycles. The van der Waals surface area contributed by atoms with Crippen LogP contribution in [0, 0.1) is 0 Å². The number of hydrogen-bond donors (Lipinski definition) is 2. The summed E-state index contributed by atoms with van der Waals surface area (Å²) in [5, 5.41) is 9.77. The van der Waals surface area contributed by atoms with Gasteiger partial charge in [0.25, 0.3) is 5.91 Å². The number of hydrogen-bond acceptors (Lipinski definition) is 4. The van der Waals surface area contributed by atoms with E-state index >= 15 is 0 Å². The van der Waals surface area contributed by atoms with Gasteiger partial charge in [-0.2, -0.15) is 5.10 Å². The molecule has 6 heteroatoms. The number of amides is 1. The van der Waals surface area contributed by atoms with E-state index in [9.17, 15) is 4.79 Å². The second-order valence-corrected chi connectivity index (χ2v) is 4.82. The van der Waals surface area contributed by atoms with Crippen molar-refractivity contribution in [3.8, 4) is 17.0 Å². The Morgan fingerprint density at radius 1 is 1.22 bits per heavy atom. The van der Waals surface area contributed by atoms with Crippen LogP contribution in [-0.4, -0.2) is 27.7 Å². The van der Waals surface area contributed by atoms with Gasteiger partial charge in [-0.3, -0.25) is 14.9 Å². The van der Waals surface area contributed by atoms with Crippen molar-refractivity contribution in [2.75, 3.05) is 11.9 Å². The maximum Gasteiger partial charge on any atom is 0.256 e. The van der Waals surface area contributed by atoms with Crippen LogP contribution in [0.25, 0.3) is 11.3 Å². The summed E-state index contributed by atoms with van der Waals surface area (Å²) < 4.78 is 5.40. The van der Waals surface area contributed by atoms with Crippen LogP contribution < -0.4 is 10.1 Å². The van der Waals surface area contributed by atoms with E-state index in [2.05, 4.69) is 20.5 Å². The molecule has 3 rings (SSSR count). The summed E-state index contributed by atoms with van der Waals surface area (Å²) in [4.78, 5) is 16.3. The molecule has 23 heavy (non-hydrogen) atoms. The molecule has 0 aliphatic heterocycles. The molecule has 0 fully saturated rings. The van der Waals surface area contributed by atoms with Crippen molar-refractivity contribution in [1.82, 2.24) is 15.2 Å². The number of carbonyl (C=O) groups is 1. The Kier molecular flexibility index (Phi) is 4.33. The third-order valence-corrected chi connectivity index (χ3v) is 3.22. The Bertz CT molecular complexity index is 799. The van der Waals surface area contributed by atoms with Gasteiger partial charge in [0.05, 0.1) is 12.3 Å². The number of rotatable bonds is 5. The molecule has 0 atom stereocenters. The highest BCUT2D eigenvalue weighted by atomic mass is 16.5. The van der Waals surface area contributed by atoms with E-state index in [0.29, 0.717) is 23.7 Å². The lowest BCUT2D eigenvalue weighted by atomic mass is 10.2. The lowest BCUT2D eigenvalue weighted by Crippen LogP contribution is -2.12. The minimum Gasteiger partial charge on any atom is -0.494 e. The topological polar surface area (TPSA) is 79.9 Å². The van der Waals surface area contributed by atoms with E-state index in [-0.39, 0.29) is 5.91 Å². The van der Waals surface area contributed by atoms with E-state index < -0.39 is 0 Å². The average molecular weight is 308 g/mol. The maximum atomic E-state index is 12.3. The molecular weight excluding hydrogens is 292 g/mol. The molecule has 116 valence electrons. The molecule has 3 aromatic rings. The van der Waals surface area contributed by atoms with Crippen LogP contribution >= 0.6 is 0 Å². The normalized spacial score (nSPS) is 10.3. The van der Waals surface area contributed by atoms with Gasteiger partial charge in [0.15, 0.2) is 5.82 Å². The molecule has 1 amide bonds. The van der Waals surface area contributed by atoms with Crippen molar-refractivity contribution in [1.29, 1.82) is 0 Å². The highest BCUT2D eigenvalue weighted by molar-refractivity contribution is 6.04. The number of pyridine rings is 1. The number of ether oxygens (including phenoxy) is 1. The molecule has 0 radical (unpaired) electrons. The van der Waals surface area contributed by atoms with Crippen molar-refractivity contribution in [2.45, 2.75) is 6.92 Å². The Hall–Kier alpha value is -3.15. The van der Waals surface area contributed by atoms with Crippen molar-refractivity contribution in [2.24, 2.45) is 0 Å². The first kappa shape index (κ1) is 14.8. The number of aromatic amines is 1. The van der Waals surface area contributed by atoms with Gasteiger partial charge in [0.1, 0.15) is 5.75 Å². The van der Waals surface area contributed by atoms with Gasteiger partial charge >= 0.3 is 0 Å². The van der Waals surface area contributed by atoms with Crippen molar-refractivity contribution >= 4 is 11.7 Å². The zero-order valence-electron chi connectivity index (χ0n) is 12.6. The monoisotopic (exact) mass is 308 g/mol. The number of anilines is 1. The fourth-order valence-electron chi connectivity index (χ4n) is 2.15. The molecule has 0 saturated heterocycles. The molecule has 0 unspecified atom stereocenters. The quantitative estimate of drug-likeness (QED) is 0.759. The van der Waals surface area contributed by atoms with Crippen LogP contribution in [0.15, 0.2) is 54.9 Å². The molecule has 0 aliphatic carbocycles. The predicted octanol–water partition coefficient (Wildman–Crippen LogP) is 3.12. The van der Waals surface area contributed by atoms with E-state index in [4.69, 9.17) is 4.74 Å². The Morgan fingerprint density at radius 3 is 2.83 bits per heavy atom. The first-order chi connectivity index (χ1) is 11.3. The van der Waals surface area contributed by atoms with Crippen LogP contribution in [0.1, 0.15) is 17.3 Å². The van der Waals surface area contributed by atoms with Gasteiger partial charge < -0.3 is 10.1 Å². The zero-order valence-corrected chi connectivity index (χ0v) is 12.6. The summed E-state index contributed by atoms with van der Waals surface area (Å²) in [6, 6.07) is 12.5. The largest absolute Gasteiger partial charge is 0.494 e. The van der Waals surface area contributed by atoms with E-state index in [0.717, 1.165) is 11.3 Å². The van der Waals surface area contributed by atoms with Gasteiger partial charge in [-0.1, -0.05) is 6.07 Å². The predicted molar refractivity (Wildman–Crippen MR) is 87.4 cm³/mol. The Labute approximate surface area is 133 Å². The second-order valence-electron chi connectivity index (χ2n) is 4.82. The highest BCUT2D eigenvalue weighted by Gasteiger charge is 2.10. The third-order valence-electron chi connectivity index (χ3n) is 3.22. The molecule has 0 spiro atoms. The number of benzene rings is 1. The minimum absolute atomic E-state index is 0.237. The van der Waals surface area contributed by atoms with Gasteiger partial charge in [-0.15, -0.1) is 0 Å². The summed E-state index contributed by atoms with van der Waals surface area (Å²) in [5.74, 6) is 0.891. The molecule has 0 bridgehead atoms. The highest BCUT2D eigenvalue weighted by Crippen LogP contribution is 2.19. The lowest BCUT2D eigenvalue weighted by molar-refractivity contribution is 0.102. The first-order valence-corrected chi connectivity index (χ1v) is 7.26. The molecule has 0 saturated carbocycles. The molecule has 0 aliphatic rings. The van der Waals surface area contributed by atoms with Crippen LogP contribution in [0.3, 0.4) is 0 Å². The summed E-state index contributed by atoms with van der Waals surface area (Å²) in [6.07, 6.45) is 3.40. The number of nitrogens with zero attached hydrogens (tertiary/aromatic N) is 2. The molecular formula is C17H16N4O2. The van der Waals surface area contributed by atoms with E-state index in [1.165, 1.54) is 0 Å². The standard InChI is InChI=1S/C17H16N4O2/c1-2-23-14-5-3-4-13(10-14)17(22)19-16-11-15(20-21-16)12-6-8-18-9-7-12/h3-11H,2H2,1H3,(H2,19,20,21,22). The third kappa shape index (κ3) is 3.55. The molecule has 6 nitrogen and oxygen atoms in total. The summed E-state index contributed by atoms with van der Waals surface area (Å²) in [6.45, 7) is 2.46. The fraction of sp³-hybridized carbons (Fsp3) is 0.118. The average Bonchev–Trinajstić information content (AvgIpc) is 3.05. The van der Waals surface area contributed by atoms with E-state index in [1.807, 2.05) is 25.1 Å². The van der Waals surface area contributed by atoms with E-state index in [1.54, 1.807) is 36.7 Å². The lowest BCUT2D eigenvalue weighted by Gasteiger charge is -2.05. The number of H-pyrrole nitrogens is 1. The Morgan fingerprint density at radius 2 is 2.04 bits per heavy atom. The van der Waals surface area contributed by atoms with Gasteiger partial charge in [0.2, 0.25) is 0 Å². The zero-order chi connectivity index (χ0) is 16.1. The number of aromatic nitrogens is 3. The first-order valence-electron chi connectivity index (χ1n) is 7.26. The molecule has 2 N–H and O–H groups in total. The van der Waals surface area contributed by atoms with Crippen molar-refractivity contribution in [3.63, 3.8) is 0 Å². The Balaban J connectivity index is 1.73. The van der Waals surface area contributed by atoms with Crippen LogP contribution in [0.5, 0.6) is 5.75 Å². The molecule has 2 aromatic heterocycles. The van der Waals surface area contributed by atoms with Crippen molar-refractivity contribution < 1.29 is 9.53 Å². The minimum atomic E-state index is -0.237. The second kappa shape index (κ2) is 6.74. The van der Waals surface area contributed by atoms with Gasteiger partial charge in [0, 0.05) is 29.6 Å². The summed E-state index contributed by atoms with van der Waals surface area (Å²) in [5.41, 5.74) is 2.28. The van der Waals surface area contributed by atoms with Crippen LogP contribution in [-0.2, 0) is 0 Å². The van der Waals surface area contributed by atoms with Crippen LogP contribution in [0.4, 0.5) is 5.82 Å². The smallest absolute Gasteiger partial charge is 0.256 e. The van der Waals surface area contributed by atoms with Crippen LogP contribution in [0.2, 0.25) is 0 Å². The van der Waals surface area contributed by atoms with Gasteiger partial charge in [-0.05, 0) is 37.3 Å². The number of carbonyl (C=O) groups excluding carboxylic acids is 1. The summed E-state index contributed by atoms with van der Waals surface area (Å²) in [7, 11) is 0. The van der Waals surface area contributed by atoms with Gasteiger partial charge in [-0.25, -0.2) is 0 Å². The summed E-state index contributed by atoms with van der Waals surface area (Å²) >= 11 is 0. The van der Waals surface area contributed by atoms with Crippen molar-refractivity contribution in [3.05, 3.63) is 60.4 Å². The maximum absolute atomic E-state index is 12.3. The SMILES string of the molecule is CCOc1cccc(C(=O)Nc2cc(-c3ccncc3)[nH]n2)c1. The molecule has 2 heterocycles.